The molecule has 2 fully saturated rings. The Hall–Kier alpha value is -1.97. The number of carbonyl (C=O) groups excluding carboxylic acids is 1. The molecule has 0 spiro atoms. The van der Waals surface area contributed by atoms with Gasteiger partial charge in [-0.25, -0.2) is 13.4 Å². The predicted octanol–water partition coefficient (Wildman–Crippen LogP) is 1.52. The van der Waals surface area contributed by atoms with E-state index in [0.29, 0.717) is 18.8 Å². The fraction of sp³-hybridized carbons (Fsp3) is 0.556. The topological polar surface area (TPSA) is 113 Å². The van der Waals surface area contributed by atoms with Crippen LogP contribution in [0.3, 0.4) is 0 Å². The van der Waals surface area contributed by atoms with Crippen molar-refractivity contribution in [2.75, 3.05) is 31.3 Å². The summed E-state index contributed by atoms with van der Waals surface area (Å²) in [6.45, 7) is 1.75. The maximum atomic E-state index is 12.9. The second-order valence-electron chi connectivity index (χ2n) is 7.33. The fourth-order valence-electron chi connectivity index (χ4n) is 3.89. The number of aromatic nitrogens is 2. The zero-order valence-corrected chi connectivity index (χ0v) is 16.1. The molecule has 27 heavy (non-hydrogen) atoms. The molecule has 1 amide bonds. The molecule has 1 atom stereocenters. The Bertz CT molecular complexity index is 957. The summed E-state index contributed by atoms with van der Waals surface area (Å²) in [4.78, 5) is 20.7. The van der Waals surface area contributed by atoms with Crippen LogP contribution in [-0.4, -0.2) is 55.0 Å². The number of H-pyrrole nitrogens is 1. The molecule has 2 aliphatic rings. The minimum atomic E-state index is -3.55. The van der Waals surface area contributed by atoms with Crippen molar-refractivity contribution in [2.45, 2.75) is 36.5 Å². The fourth-order valence-corrected chi connectivity index (χ4v) is 5.23. The molecule has 2 aromatic rings. The second-order valence-corrected chi connectivity index (χ2v) is 9.65. The lowest BCUT2D eigenvalue weighted by atomic mass is 9.95. The summed E-state index contributed by atoms with van der Waals surface area (Å²) < 4.78 is 29.0. The predicted molar refractivity (Wildman–Crippen MR) is 102 cm³/mol. The quantitative estimate of drug-likeness (QED) is 0.727. The summed E-state index contributed by atoms with van der Waals surface area (Å²) in [5.41, 5.74) is 2.13. The van der Waals surface area contributed by atoms with Gasteiger partial charge in [-0.2, -0.15) is 0 Å². The maximum absolute atomic E-state index is 12.9. The zero-order chi connectivity index (χ0) is 19.1. The lowest BCUT2D eigenvalue weighted by Gasteiger charge is -2.34. The van der Waals surface area contributed by atoms with E-state index < -0.39 is 20.5 Å². The van der Waals surface area contributed by atoms with Gasteiger partial charge in [0.25, 0.3) is 0 Å². The van der Waals surface area contributed by atoms with Crippen molar-refractivity contribution >= 4 is 32.5 Å². The van der Waals surface area contributed by atoms with Crippen molar-refractivity contribution in [1.82, 2.24) is 15.3 Å². The van der Waals surface area contributed by atoms with Crippen LogP contribution in [-0.2, 0) is 19.4 Å². The van der Waals surface area contributed by atoms with Gasteiger partial charge in [-0.05, 0) is 57.0 Å². The molecule has 2 aliphatic heterocycles. The van der Waals surface area contributed by atoms with Crippen LogP contribution in [0.4, 0.5) is 5.69 Å². The number of aromatic amines is 1. The zero-order valence-electron chi connectivity index (χ0n) is 15.2. The van der Waals surface area contributed by atoms with Crippen LogP contribution in [0.1, 0.15) is 37.6 Å². The number of ether oxygens (including phenoxy) is 1. The monoisotopic (exact) mass is 392 g/mol. The average molecular weight is 392 g/mol. The van der Waals surface area contributed by atoms with E-state index in [1.165, 1.54) is 0 Å². The van der Waals surface area contributed by atoms with Gasteiger partial charge in [-0.15, -0.1) is 0 Å². The molecule has 0 saturated carbocycles. The smallest absolute Gasteiger partial charge is 0.245 e. The Labute approximate surface area is 158 Å². The molecule has 2 saturated heterocycles. The molecular formula is C18H24N4O4S. The van der Waals surface area contributed by atoms with Crippen molar-refractivity contribution in [1.29, 1.82) is 0 Å². The highest BCUT2D eigenvalue weighted by molar-refractivity contribution is 7.92. The summed E-state index contributed by atoms with van der Waals surface area (Å²) in [5, 5.41) is 5.92. The maximum Gasteiger partial charge on any atom is 0.245 e. The third-order valence-electron chi connectivity index (χ3n) is 5.53. The Morgan fingerprint density at radius 2 is 2.11 bits per heavy atom. The van der Waals surface area contributed by atoms with Crippen molar-refractivity contribution < 1.29 is 17.9 Å². The van der Waals surface area contributed by atoms with Crippen LogP contribution < -0.4 is 10.6 Å². The van der Waals surface area contributed by atoms with E-state index >= 15 is 0 Å². The molecule has 1 aromatic heterocycles. The number of rotatable bonds is 4. The SMILES string of the molecule is CS(=O)(=O)C1(C(=O)Nc2ccc3nc(C4CCCO4)[nH]c3c2)CCNCC1. The Balaban J connectivity index is 1.59. The largest absolute Gasteiger partial charge is 0.370 e. The number of benzene rings is 1. The van der Waals surface area contributed by atoms with Crippen molar-refractivity contribution in [3.63, 3.8) is 0 Å². The van der Waals surface area contributed by atoms with Gasteiger partial charge in [-0.3, -0.25) is 4.79 Å². The van der Waals surface area contributed by atoms with E-state index in [1.54, 1.807) is 12.1 Å². The van der Waals surface area contributed by atoms with Gasteiger partial charge in [0.1, 0.15) is 11.9 Å². The Morgan fingerprint density at radius 1 is 1.33 bits per heavy atom. The van der Waals surface area contributed by atoms with E-state index in [0.717, 1.165) is 42.6 Å². The minimum Gasteiger partial charge on any atom is -0.370 e. The van der Waals surface area contributed by atoms with E-state index in [9.17, 15) is 13.2 Å². The first kappa shape index (κ1) is 18.4. The second kappa shape index (κ2) is 6.88. The van der Waals surface area contributed by atoms with Crippen molar-refractivity contribution in [3.05, 3.63) is 24.0 Å². The molecule has 1 aromatic carbocycles. The molecule has 9 heteroatoms. The number of nitrogens with zero attached hydrogens (tertiary/aromatic N) is 1. The van der Waals surface area contributed by atoms with Gasteiger partial charge in [0.2, 0.25) is 5.91 Å². The number of carbonyl (C=O) groups is 1. The first-order chi connectivity index (χ1) is 12.9. The Kier molecular flexibility index (Phi) is 4.69. The van der Waals surface area contributed by atoms with Gasteiger partial charge >= 0.3 is 0 Å². The van der Waals surface area contributed by atoms with Gasteiger partial charge in [0.15, 0.2) is 14.6 Å². The van der Waals surface area contributed by atoms with Crippen molar-refractivity contribution in [3.8, 4) is 0 Å². The number of hydrogen-bond acceptors (Lipinski definition) is 6. The van der Waals surface area contributed by atoms with Gasteiger partial charge < -0.3 is 20.4 Å². The van der Waals surface area contributed by atoms with Crippen LogP contribution in [0.2, 0.25) is 0 Å². The number of nitrogens with one attached hydrogen (secondary N) is 3. The average Bonchev–Trinajstić information content (AvgIpc) is 3.30. The van der Waals surface area contributed by atoms with Crippen LogP contribution >= 0.6 is 0 Å². The molecule has 3 N–H and O–H groups in total. The molecule has 0 aliphatic carbocycles. The molecule has 8 nitrogen and oxygen atoms in total. The van der Waals surface area contributed by atoms with Crippen LogP contribution in [0.5, 0.6) is 0 Å². The van der Waals surface area contributed by atoms with Gasteiger partial charge in [-0.1, -0.05) is 0 Å². The Morgan fingerprint density at radius 3 is 2.78 bits per heavy atom. The normalized spacial score (nSPS) is 22.8. The summed E-state index contributed by atoms with van der Waals surface area (Å²) in [5.74, 6) is 0.321. The van der Waals surface area contributed by atoms with E-state index in [4.69, 9.17) is 4.74 Å². The number of anilines is 1. The minimum absolute atomic E-state index is 0.0151. The number of fused-ring (bicyclic) bond motifs is 1. The lowest BCUT2D eigenvalue weighted by Crippen LogP contribution is -2.55. The molecule has 146 valence electrons. The summed E-state index contributed by atoms with van der Waals surface area (Å²) in [6, 6.07) is 5.35. The van der Waals surface area contributed by atoms with Gasteiger partial charge in [0.05, 0.1) is 11.0 Å². The van der Waals surface area contributed by atoms with Gasteiger partial charge in [0, 0.05) is 18.6 Å². The highest BCUT2D eigenvalue weighted by Crippen LogP contribution is 2.31. The third kappa shape index (κ3) is 3.35. The number of imidazole rings is 1. The van der Waals surface area contributed by atoms with Crippen LogP contribution in [0.15, 0.2) is 18.2 Å². The molecule has 1 unspecified atom stereocenters. The molecule has 4 rings (SSSR count). The number of hydrogen-bond donors (Lipinski definition) is 3. The number of piperidine rings is 1. The number of amides is 1. The first-order valence-corrected chi connectivity index (χ1v) is 11.1. The molecular weight excluding hydrogens is 368 g/mol. The number of sulfone groups is 1. The highest BCUT2D eigenvalue weighted by Gasteiger charge is 2.48. The molecule has 0 radical (unpaired) electrons. The molecule has 3 heterocycles. The highest BCUT2D eigenvalue weighted by atomic mass is 32.2. The summed E-state index contributed by atoms with van der Waals surface area (Å²) in [6.07, 6.45) is 3.63. The van der Waals surface area contributed by atoms with E-state index in [1.807, 2.05) is 6.07 Å². The summed E-state index contributed by atoms with van der Waals surface area (Å²) in [7, 11) is -3.55. The van der Waals surface area contributed by atoms with Crippen LogP contribution in [0, 0.1) is 0 Å². The van der Waals surface area contributed by atoms with E-state index in [2.05, 4.69) is 20.6 Å². The van der Waals surface area contributed by atoms with Crippen LogP contribution in [0.25, 0.3) is 11.0 Å². The first-order valence-electron chi connectivity index (χ1n) is 9.22. The molecule has 0 bridgehead atoms. The standard InChI is InChI=1S/C18H24N4O4S/c1-27(24,25)18(6-8-19-9-7-18)17(23)20-12-4-5-13-14(11-12)22-16(21-13)15-3-2-10-26-15/h4-5,11,15,19H,2-3,6-10H2,1H3,(H,20,23)(H,21,22). The third-order valence-corrected chi connectivity index (χ3v) is 7.54. The summed E-state index contributed by atoms with van der Waals surface area (Å²) >= 11 is 0. The van der Waals surface area contributed by atoms with E-state index in [-0.39, 0.29) is 18.9 Å². The lowest BCUT2D eigenvalue weighted by molar-refractivity contribution is -0.119. The van der Waals surface area contributed by atoms with Crippen molar-refractivity contribution in [2.24, 2.45) is 0 Å².